The van der Waals surface area contributed by atoms with Gasteiger partial charge in [-0.15, -0.1) is 0 Å². The summed E-state index contributed by atoms with van der Waals surface area (Å²) >= 11 is 1.65. The zero-order valence-corrected chi connectivity index (χ0v) is 17.1. The van der Waals surface area contributed by atoms with Gasteiger partial charge in [-0.1, -0.05) is 23.9 Å². The third kappa shape index (κ3) is 4.31. The van der Waals surface area contributed by atoms with Gasteiger partial charge in [0.05, 0.1) is 18.4 Å². The van der Waals surface area contributed by atoms with Crippen LogP contribution in [0, 0.1) is 19.7 Å². The van der Waals surface area contributed by atoms with Crippen LogP contribution >= 0.6 is 11.8 Å². The number of rotatable bonds is 5. The van der Waals surface area contributed by atoms with Crippen molar-refractivity contribution < 1.29 is 9.13 Å². The van der Waals surface area contributed by atoms with Crippen LogP contribution in [0.4, 0.5) is 4.39 Å². The van der Waals surface area contributed by atoms with Crippen molar-refractivity contribution in [1.29, 1.82) is 0 Å². The molecule has 5 nitrogen and oxygen atoms in total. The van der Waals surface area contributed by atoms with Gasteiger partial charge in [0.1, 0.15) is 5.82 Å². The first kappa shape index (κ1) is 19.2. The Kier molecular flexibility index (Phi) is 5.82. The fraction of sp³-hybridized carbons (Fsp3) is 0.429. The molecule has 148 valence electrons. The third-order valence-electron chi connectivity index (χ3n) is 5.25. The normalized spacial score (nSPS) is 21.0. The lowest BCUT2D eigenvalue weighted by Gasteiger charge is -2.17. The van der Waals surface area contributed by atoms with Crippen LogP contribution in [0.15, 0.2) is 40.4 Å². The van der Waals surface area contributed by atoms with E-state index in [0.29, 0.717) is 12.6 Å². The van der Waals surface area contributed by atoms with Gasteiger partial charge in [0, 0.05) is 35.9 Å². The second-order valence-electron chi connectivity index (χ2n) is 7.24. The van der Waals surface area contributed by atoms with Crippen molar-refractivity contribution in [1.82, 2.24) is 9.99 Å². The van der Waals surface area contributed by atoms with Crippen molar-refractivity contribution in [2.75, 3.05) is 12.4 Å². The van der Waals surface area contributed by atoms with Gasteiger partial charge in [-0.25, -0.2) is 4.39 Å². The number of aromatic nitrogens is 1. The van der Waals surface area contributed by atoms with Crippen LogP contribution in [-0.4, -0.2) is 33.9 Å². The monoisotopic (exact) mass is 400 g/mol. The predicted octanol–water partition coefficient (Wildman–Crippen LogP) is 4.02. The second kappa shape index (κ2) is 8.49. The van der Waals surface area contributed by atoms with Crippen LogP contribution in [0.25, 0.3) is 0 Å². The lowest BCUT2D eigenvalue weighted by molar-refractivity contribution is 0.0962. The summed E-state index contributed by atoms with van der Waals surface area (Å²) in [6.45, 7) is 6.60. The molecule has 7 heteroatoms. The lowest BCUT2D eigenvalue weighted by Crippen LogP contribution is -2.26. The molecule has 4 rings (SSSR count). The van der Waals surface area contributed by atoms with E-state index in [-0.39, 0.29) is 5.82 Å². The molecule has 1 aromatic carbocycles. The topological polar surface area (TPSA) is 50.9 Å². The van der Waals surface area contributed by atoms with Crippen molar-refractivity contribution in [3.05, 3.63) is 58.7 Å². The molecule has 0 radical (unpaired) electrons. The summed E-state index contributed by atoms with van der Waals surface area (Å²) in [5, 5.41) is 5.36. The summed E-state index contributed by atoms with van der Waals surface area (Å²) in [7, 11) is 0. The van der Waals surface area contributed by atoms with Gasteiger partial charge in [-0.2, -0.15) is 5.10 Å². The number of aryl methyl sites for hydroxylation is 1. The van der Waals surface area contributed by atoms with E-state index in [9.17, 15) is 4.39 Å². The number of aliphatic imine (C=N–C) groups is 1. The van der Waals surface area contributed by atoms with Gasteiger partial charge >= 0.3 is 0 Å². The van der Waals surface area contributed by atoms with Crippen LogP contribution in [0.5, 0.6) is 0 Å². The minimum Gasteiger partial charge on any atom is -0.376 e. The van der Waals surface area contributed by atoms with Gasteiger partial charge in [0.15, 0.2) is 5.17 Å². The third-order valence-corrected chi connectivity index (χ3v) is 6.16. The fourth-order valence-corrected chi connectivity index (χ4v) is 4.41. The largest absolute Gasteiger partial charge is 0.376 e. The first-order valence-electron chi connectivity index (χ1n) is 9.63. The average molecular weight is 401 g/mol. The maximum Gasteiger partial charge on any atom is 0.177 e. The van der Waals surface area contributed by atoms with Crippen molar-refractivity contribution in [3.8, 4) is 0 Å². The van der Waals surface area contributed by atoms with E-state index in [4.69, 9.17) is 4.74 Å². The molecule has 2 aliphatic heterocycles. The molecule has 28 heavy (non-hydrogen) atoms. The summed E-state index contributed by atoms with van der Waals surface area (Å²) < 4.78 is 21.1. The molecule has 1 saturated heterocycles. The van der Waals surface area contributed by atoms with Crippen LogP contribution in [0.1, 0.15) is 35.4 Å². The SMILES string of the molecule is Cc1cc(C2=NNC(=NCc3ccc(F)cc3)SC2)c(C)n1CC1CCCO1. The van der Waals surface area contributed by atoms with E-state index in [0.717, 1.165) is 48.2 Å². The molecule has 3 heterocycles. The van der Waals surface area contributed by atoms with E-state index in [1.165, 1.54) is 29.1 Å². The molecule has 0 amide bonds. The zero-order valence-electron chi connectivity index (χ0n) is 16.2. The van der Waals surface area contributed by atoms with Gasteiger partial charge in [0.25, 0.3) is 0 Å². The highest BCUT2D eigenvalue weighted by atomic mass is 32.2. The molecule has 2 aromatic rings. The van der Waals surface area contributed by atoms with Crippen molar-refractivity contribution in [3.63, 3.8) is 0 Å². The average Bonchev–Trinajstić information content (AvgIpc) is 3.32. The number of hydrazone groups is 1. The number of ether oxygens (including phenoxy) is 1. The van der Waals surface area contributed by atoms with E-state index < -0.39 is 0 Å². The maximum atomic E-state index is 13.0. The Balaban J connectivity index is 1.43. The van der Waals surface area contributed by atoms with Crippen LogP contribution in [-0.2, 0) is 17.8 Å². The molecule has 1 fully saturated rings. The molecule has 1 atom stereocenters. The molecule has 1 unspecified atom stereocenters. The van der Waals surface area contributed by atoms with Gasteiger partial charge in [0.2, 0.25) is 0 Å². The van der Waals surface area contributed by atoms with E-state index in [1.807, 2.05) is 0 Å². The van der Waals surface area contributed by atoms with Crippen molar-refractivity contribution >= 4 is 22.6 Å². The van der Waals surface area contributed by atoms with E-state index in [2.05, 4.69) is 40.0 Å². The number of thioether (sulfide) groups is 1. The Morgan fingerprint density at radius 1 is 1.32 bits per heavy atom. The molecule has 0 saturated carbocycles. The highest BCUT2D eigenvalue weighted by Crippen LogP contribution is 2.23. The van der Waals surface area contributed by atoms with Crippen molar-refractivity contribution in [2.45, 2.75) is 45.9 Å². The van der Waals surface area contributed by atoms with E-state index in [1.54, 1.807) is 23.9 Å². The Labute approximate surface area is 169 Å². The smallest absolute Gasteiger partial charge is 0.177 e. The van der Waals surface area contributed by atoms with Crippen LogP contribution in [0.3, 0.4) is 0 Å². The number of halogens is 1. The number of nitrogens with zero attached hydrogens (tertiary/aromatic N) is 3. The first-order valence-corrected chi connectivity index (χ1v) is 10.6. The minimum atomic E-state index is -0.229. The molecule has 0 spiro atoms. The standard InChI is InChI=1S/C21H25FN4OS/c1-14-10-19(15(2)26(14)12-18-4-3-9-27-18)20-13-28-21(25-24-20)23-11-16-5-7-17(22)8-6-16/h5-8,10,18H,3-4,9,11-13H2,1-2H3,(H,23,25). The molecular weight excluding hydrogens is 375 g/mol. The molecule has 0 bridgehead atoms. The molecule has 2 aliphatic rings. The van der Waals surface area contributed by atoms with Crippen LogP contribution < -0.4 is 5.43 Å². The summed E-state index contributed by atoms with van der Waals surface area (Å²) in [6.07, 6.45) is 2.62. The number of nitrogens with one attached hydrogen (secondary N) is 1. The second-order valence-corrected chi connectivity index (χ2v) is 8.20. The Morgan fingerprint density at radius 3 is 2.82 bits per heavy atom. The lowest BCUT2D eigenvalue weighted by atomic mass is 10.1. The molecule has 1 N–H and O–H groups in total. The Hall–Kier alpha value is -2.12. The Morgan fingerprint density at radius 2 is 2.14 bits per heavy atom. The van der Waals surface area contributed by atoms with Crippen LogP contribution in [0.2, 0.25) is 0 Å². The molecule has 0 aliphatic carbocycles. The first-order chi connectivity index (χ1) is 13.6. The summed E-state index contributed by atoms with van der Waals surface area (Å²) in [6, 6.07) is 8.64. The van der Waals surface area contributed by atoms with Gasteiger partial charge in [-0.3, -0.25) is 10.4 Å². The maximum absolute atomic E-state index is 13.0. The predicted molar refractivity (Wildman–Crippen MR) is 113 cm³/mol. The fourth-order valence-electron chi connectivity index (χ4n) is 3.65. The van der Waals surface area contributed by atoms with Gasteiger partial charge < -0.3 is 9.30 Å². The quantitative estimate of drug-likeness (QED) is 0.825. The number of hydrogen-bond donors (Lipinski definition) is 1. The highest BCUT2D eigenvalue weighted by Gasteiger charge is 2.22. The number of hydrogen-bond acceptors (Lipinski definition) is 4. The highest BCUT2D eigenvalue weighted by molar-refractivity contribution is 8.14. The molecule has 1 aromatic heterocycles. The summed E-state index contributed by atoms with van der Waals surface area (Å²) in [5.41, 5.74) is 8.75. The van der Waals surface area contributed by atoms with E-state index >= 15 is 0 Å². The molecular formula is C21H25FN4OS. The summed E-state index contributed by atoms with van der Waals surface area (Å²) in [4.78, 5) is 4.54. The Bertz CT molecular complexity index is 898. The van der Waals surface area contributed by atoms with Crippen molar-refractivity contribution in [2.24, 2.45) is 10.1 Å². The zero-order chi connectivity index (χ0) is 19.5. The summed E-state index contributed by atoms with van der Waals surface area (Å²) in [5.74, 6) is 0.548. The van der Waals surface area contributed by atoms with Gasteiger partial charge in [-0.05, 0) is 50.5 Å². The number of amidine groups is 1. The minimum absolute atomic E-state index is 0.229. The number of benzene rings is 1.